The summed E-state index contributed by atoms with van der Waals surface area (Å²) in [6.45, 7) is 0. The summed E-state index contributed by atoms with van der Waals surface area (Å²) in [6, 6.07) is 4.45. The quantitative estimate of drug-likeness (QED) is 0.315. The summed E-state index contributed by atoms with van der Waals surface area (Å²) in [5, 5.41) is 10.1. The van der Waals surface area contributed by atoms with Crippen molar-refractivity contribution >= 4 is 58.4 Å². The summed E-state index contributed by atoms with van der Waals surface area (Å²) in [5.74, 6) is -1.78. The molecule has 1 aliphatic heterocycles. The number of carbonyl (C=O) groups is 1. The van der Waals surface area contributed by atoms with Crippen molar-refractivity contribution in [3.8, 4) is 5.75 Å². The number of hydrogen-bond donors (Lipinski definition) is 5. The Kier molecular flexibility index (Phi) is 4.60. The molecule has 0 saturated heterocycles. The highest BCUT2D eigenvalue weighted by molar-refractivity contribution is 7.87. The fraction of sp³-hybridized carbons (Fsp3) is 0. The molecule has 0 fully saturated rings. The molecule has 1 aromatic heterocycles. The van der Waals surface area contributed by atoms with Gasteiger partial charge in [-0.15, -0.1) is 0 Å². The van der Waals surface area contributed by atoms with Crippen LogP contribution in [0.15, 0.2) is 50.0 Å². The van der Waals surface area contributed by atoms with Gasteiger partial charge in [-0.1, -0.05) is 6.07 Å². The van der Waals surface area contributed by atoms with Gasteiger partial charge in [0.15, 0.2) is 5.75 Å². The zero-order chi connectivity index (χ0) is 23.8. The Balaban J connectivity index is 2.05. The van der Waals surface area contributed by atoms with Gasteiger partial charge in [0.1, 0.15) is 21.2 Å². The lowest BCUT2D eigenvalue weighted by molar-refractivity contribution is 0.106. The van der Waals surface area contributed by atoms with Crippen molar-refractivity contribution in [2.45, 2.75) is 14.7 Å². The van der Waals surface area contributed by atoms with Crippen molar-refractivity contribution in [1.82, 2.24) is 4.98 Å². The molecule has 16 heteroatoms. The fourth-order valence-corrected chi connectivity index (χ4v) is 5.19. The van der Waals surface area contributed by atoms with E-state index in [2.05, 4.69) is 9.98 Å². The van der Waals surface area contributed by atoms with Gasteiger partial charge >= 0.3 is 0 Å². The molecule has 168 valence electrons. The van der Waals surface area contributed by atoms with Crippen molar-refractivity contribution in [3.63, 3.8) is 0 Å². The van der Waals surface area contributed by atoms with Gasteiger partial charge in [0, 0.05) is 5.39 Å². The van der Waals surface area contributed by atoms with Gasteiger partial charge in [-0.2, -0.15) is 25.3 Å². The number of carbonyl (C=O) groups excluding carboxylic acids is 1. The minimum atomic E-state index is -5.09. The number of ketones is 1. The van der Waals surface area contributed by atoms with Crippen LogP contribution < -0.4 is 0 Å². The number of aliphatic imine (C=N–C) groups is 1. The van der Waals surface area contributed by atoms with Crippen LogP contribution in [0.25, 0.3) is 10.9 Å². The molecule has 2 aromatic carbocycles. The predicted molar refractivity (Wildman–Crippen MR) is 106 cm³/mol. The van der Waals surface area contributed by atoms with E-state index < -0.39 is 84.6 Å². The monoisotopic (exact) mass is 502 g/mol. The molecule has 0 amide bonds. The Labute approximate surface area is 179 Å². The molecule has 0 unspecified atom stereocenters. The first-order valence-electron chi connectivity index (χ1n) is 8.18. The zero-order valence-corrected chi connectivity index (χ0v) is 17.7. The number of aromatic amines is 1. The van der Waals surface area contributed by atoms with Gasteiger partial charge in [0.25, 0.3) is 30.4 Å². The lowest BCUT2D eigenvalue weighted by Crippen LogP contribution is -2.11. The van der Waals surface area contributed by atoms with Crippen LogP contribution in [0.5, 0.6) is 5.75 Å². The van der Waals surface area contributed by atoms with E-state index in [1.54, 1.807) is 0 Å². The van der Waals surface area contributed by atoms with Crippen LogP contribution in [-0.2, 0) is 30.4 Å². The van der Waals surface area contributed by atoms with E-state index in [-0.39, 0.29) is 5.56 Å². The fourth-order valence-electron chi connectivity index (χ4n) is 3.24. The smallest absolute Gasteiger partial charge is 0.296 e. The Hall–Kier alpha value is -3.15. The van der Waals surface area contributed by atoms with E-state index in [1.807, 2.05) is 0 Å². The number of fused-ring (bicyclic) bond motifs is 2. The summed E-state index contributed by atoms with van der Waals surface area (Å²) in [4.78, 5) is 16.3. The summed E-state index contributed by atoms with van der Waals surface area (Å²) < 4.78 is 97.7. The largest absolute Gasteiger partial charge is 0.505 e. The Morgan fingerprint density at radius 2 is 1.47 bits per heavy atom. The molecule has 5 N–H and O–H groups in total. The third-order valence-corrected chi connectivity index (χ3v) is 7.18. The molecule has 13 nitrogen and oxygen atoms in total. The third kappa shape index (κ3) is 3.38. The lowest BCUT2D eigenvalue weighted by atomic mass is 10.1. The molecule has 0 bridgehead atoms. The Morgan fingerprint density at radius 3 is 2.03 bits per heavy atom. The van der Waals surface area contributed by atoms with Gasteiger partial charge in [-0.3, -0.25) is 18.5 Å². The van der Waals surface area contributed by atoms with Crippen LogP contribution in [0.1, 0.15) is 16.1 Å². The Bertz CT molecular complexity index is 1710. The first-order valence-corrected chi connectivity index (χ1v) is 12.5. The van der Waals surface area contributed by atoms with Gasteiger partial charge in [-0.25, -0.2) is 4.99 Å². The number of rotatable bonds is 4. The molecule has 0 saturated carbocycles. The molecular weight excluding hydrogens is 492 g/mol. The Morgan fingerprint density at radius 1 is 0.844 bits per heavy atom. The van der Waals surface area contributed by atoms with Gasteiger partial charge in [0.2, 0.25) is 5.78 Å². The van der Waals surface area contributed by atoms with Crippen LogP contribution in [-0.4, -0.2) is 60.5 Å². The van der Waals surface area contributed by atoms with E-state index in [0.717, 1.165) is 12.1 Å². The number of benzene rings is 2. The number of para-hydroxylation sites is 1. The maximum absolute atomic E-state index is 12.8. The average Bonchev–Trinajstić information content (AvgIpc) is 3.16. The van der Waals surface area contributed by atoms with Crippen molar-refractivity contribution in [1.29, 1.82) is 0 Å². The molecule has 0 atom stereocenters. The molecule has 1 aliphatic rings. The van der Waals surface area contributed by atoms with Crippen LogP contribution in [0.4, 0.5) is 5.69 Å². The molecular formula is C16H10N2O11S3. The lowest BCUT2D eigenvalue weighted by Gasteiger charge is -2.03. The molecule has 4 rings (SSSR count). The summed E-state index contributed by atoms with van der Waals surface area (Å²) >= 11 is 0. The summed E-state index contributed by atoms with van der Waals surface area (Å²) in [7, 11) is -14.8. The molecule has 2 heterocycles. The van der Waals surface area contributed by atoms with Crippen LogP contribution in [0.2, 0.25) is 0 Å². The number of hydrogen-bond acceptors (Lipinski definition) is 9. The third-order valence-electron chi connectivity index (χ3n) is 4.59. The summed E-state index contributed by atoms with van der Waals surface area (Å²) in [5.41, 5.74) is -2.31. The standard InChI is InChI=1S/C16H10N2O11S3/c19-15-7-2-1-3-9(31(24,25)26)11(7)17-13(15)14-16(20)8-4-6(30(21,22)23)5-10(12(8)18-14)32(27,28)29/h1-5,18,20H,(H,21,22,23)(H,24,25,26)(H,27,28,29). The first kappa shape index (κ1) is 22.1. The van der Waals surface area contributed by atoms with E-state index in [1.165, 1.54) is 6.07 Å². The number of Topliss-reactive ketones (excluding diaryl/α,β-unsaturated/α-hetero) is 1. The molecule has 3 aromatic rings. The van der Waals surface area contributed by atoms with Crippen molar-refractivity contribution in [2.24, 2.45) is 4.99 Å². The van der Waals surface area contributed by atoms with Gasteiger partial charge in [0.05, 0.1) is 21.7 Å². The minimum absolute atomic E-state index is 0.248. The van der Waals surface area contributed by atoms with E-state index in [0.29, 0.717) is 12.1 Å². The van der Waals surface area contributed by atoms with Gasteiger partial charge in [-0.05, 0) is 24.3 Å². The molecule has 0 spiro atoms. The topological polar surface area (TPSA) is 229 Å². The average molecular weight is 502 g/mol. The van der Waals surface area contributed by atoms with Crippen molar-refractivity contribution in [2.75, 3.05) is 0 Å². The number of nitrogens with one attached hydrogen (secondary N) is 1. The molecule has 32 heavy (non-hydrogen) atoms. The molecule has 0 aliphatic carbocycles. The van der Waals surface area contributed by atoms with Gasteiger partial charge < -0.3 is 10.1 Å². The predicted octanol–water partition coefficient (Wildman–Crippen LogP) is 0.931. The summed E-state index contributed by atoms with van der Waals surface area (Å²) in [6.07, 6.45) is 0. The van der Waals surface area contributed by atoms with Crippen LogP contribution in [0, 0.1) is 0 Å². The maximum atomic E-state index is 12.8. The zero-order valence-electron chi connectivity index (χ0n) is 15.2. The van der Waals surface area contributed by atoms with E-state index >= 15 is 0 Å². The highest BCUT2D eigenvalue weighted by atomic mass is 32.2. The highest BCUT2D eigenvalue weighted by Crippen LogP contribution is 2.40. The number of nitrogens with zero attached hydrogens (tertiary/aromatic N) is 1. The van der Waals surface area contributed by atoms with Crippen LogP contribution >= 0.6 is 0 Å². The van der Waals surface area contributed by atoms with Crippen molar-refractivity contribution in [3.05, 3.63) is 41.6 Å². The second-order valence-corrected chi connectivity index (χ2v) is 10.8. The van der Waals surface area contributed by atoms with Crippen LogP contribution in [0.3, 0.4) is 0 Å². The second kappa shape index (κ2) is 6.67. The van der Waals surface area contributed by atoms with E-state index in [9.17, 15) is 48.8 Å². The number of aromatic nitrogens is 1. The van der Waals surface area contributed by atoms with Crippen molar-refractivity contribution < 1.29 is 48.8 Å². The normalized spacial score (nSPS) is 14.6. The SMILES string of the molecule is O=C1C(c2[nH]c3c(S(=O)(=O)O)cc(S(=O)(=O)O)cc3c2O)=Nc2c1cccc2S(=O)(=O)O. The first-order chi connectivity index (χ1) is 14.6. The minimum Gasteiger partial charge on any atom is -0.505 e. The van der Waals surface area contributed by atoms with E-state index in [4.69, 9.17) is 0 Å². The maximum Gasteiger partial charge on any atom is 0.296 e. The number of H-pyrrole nitrogens is 1. The number of aromatic hydroxyl groups is 1. The second-order valence-electron chi connectivity index (χ2n) is 6.56. The highest BCUT2D eigenvalue weighted by Gasteiger charge is 2.34. The molecule has 0 radical (unpaired) electrons.